The Morgan fingerprint density at radius 1 is 0.349 bits per heavy atom. The molecule has 0 aromatic heterocycles. The molecule has 0 amide bonds. The van der Waals surface area contributed by atoms with Crippen molar-refractivity contribution < 1.29 is 28.6 Å². The molecule has 0 rings (SSSR count). The molecule has 0 radical (unpaired) electrons. The first-order valence-corrected chi connectivity index (χ1v) is 24.1. The SMILES string of the molecule is CC\C=C/C=C\C=C/C=C\C=C/CCCC(=O)OCC(COC(=O)CCCCCCC\C=C/C=C\C=C/C=C\C=C/CCC)OC(=O)CCCCCC/C=C\C/C=C\C/C=C\CC. The van der Waals surface area contributed by atoms with Gasteiger partial charge in [0.1, 0.15) is 13.2 Å². The molecule has 0 aliphatic heterocycles. The summed E-state index contributed by atoms with van der Waals surface area (Å²) in [5.41, 5.74) is 0. The van der Waals surface area contributed by atoms with E-state index in [0.717, 1.165) is 109 Å². The maximum atomic E-state index is 12.8. The lowest BCUT2D eigenvalue weighted by Gasteiger charge is -2.18. The highest BCUT2D eigenvalue weighted by Gasteiger charge is 2.19. The number of carbonyl (C=O) groups excluding carboxylic acids is 3. The average molecular weight is 865 g/mol. The minimum atomic E-state index is -0.837. The highest BCUT2D eigenvalue weighted by Crippen LogP contribution is 2.11. The number of rotatable bonds is 40. The molecule has 0 saturated carbocycles. The van der Waals surface area contributed by atoms with E-state index in [1.807, 2.05) is 91.1 Å². The highest BCUT2D eigenvalue weighted by atomic mass is 16.6. The predicted octanol–water partition coefficient (Wildman–Crippen LogP) is 15.9. The van der Waals surface area contributed by atoms with E-state index >= 15 is 0 Å². The van der Waals surface area contributed by atoms with Crippen LogP contribution in [0.2, 0.25) is 0 Å². The number of unbranched alkanes of at least 4 members (excludes halogenated alkanes) is 11. The van der Waals surface area contributed by atoms with Crippen LogP contribution in [-0.4, -0.2) is 37.2 Å². The Balaban J connectivity index is 4.61. The molecule has 6 heteroatoms. The molecule has 1 unspecified atom stereocenters. The van der Waals surface area contributed by atoms with Crippen LogP contribution in [0.25, 0.3) is 0 Å². The highest BCUT2D eigenvalue weighted by molar-refractivity contribution is 5.71. The minimum Gasteiger partial charge on any atom is -0.462 e. The molecular weight excluding hydrogens is 781 g/mol. The van der Waals surface area contributed by atoms with Crippen LogP contribution in [0.1, 0.15) is 162 Å². The summed E-state index contributed by atoms with van der Waals surface area (Å²) in [5.74, 6) is -1.07. The van der Waals surface area contributed by atoms with E-state index in [9.17, 15) is 14.4 Å². The first-order chi connectivity index (χ1) is 31.0. The van der Waals surface area contributed by atoms with Gasteiger partial charge in [0, 0.05) is 19.3 Å². The summed E-state index contributed by atoms with van der Waals surface area (Å²) in [4.78, 5) is 37.9. The first-order valence-electron chi connectivity index (χ1n) is 24.1. The second-order valence-corrected chi connectivity index (χ2v) is 15.1. The Hall–Kier alpha value is -4.97. The molecule has 0 aromatic carbocycles. The zero-order valence-corrected chi connectivity index (χ0v) is 39.5. The zero-order chi connectivity index (χ0) is 45.8. The fourth-order valence-electron chi connectivity index (χ4n) is 5.69. The Morgan fingerprint density at radius 2 is 0.714 bits per heavy atom. The molecule has 0 fully saturated rings. The fourth-order valence-corrected chi connectivity index (χ4v) is 5.69. The van der Waals surface area contributed by atoms with Crippen LogP contribution in [0.15, 0.2) is 158 Å². The summed E-state index contributed by atoms with van der Waals surface area (Å²) in [6.45, 7) is 6.14. The van der Waals surface area contributed by atoms with E-state index < -0.39 is 6.10 Å². The minimum absolute atomic E-state index is 0.132. The zero-order valence-electron chi connectivity index (χ0n) is 39.5. The van der Waals surface area contributed by atoms with Gasteiger partial charge in [-0.2, -0.15) is 0 Å². The summed E-state index contributed by atoms with van der Waals surface area (Å²) in [7, 11) is 0. The number of esters is 3. The first kappa shape index (κ1) is 58.0. The summed E-state index contributed by atoms with van der Waals surface area (Å²) in [5, 5.41) is 0. The van der Waals surface area contributed by atoms with Gasteiger partial charge >= 0.3 is 17.9 Å². The van der Waals surface area contributed by atoms with Crippen molar-refractivity contribution in [1.82, 2.24) is 0 Å². The third-order valence-electron chi connectivity index (χ3n) is 9.23. The lowest BCUT2D eigenvalue weighted by molar-refractivity contribution is -0.167. The van der Waals surface area contributed by atoms with E-state index in [0.29, 0.717) is 12.8 Å². The van der Waals surface area contributed by atoms with Gasteiger partial charge in [0.15, 0.2) is 6.10 Å². The van der Waals surface area contributed by atoms with Gasteiger partial charge in [-0.1, -0.05) is 217 Å². The van der Waals surface area contributed by atoms with Crippen molar-refractivity contribution in [2.45, 2.75) is 168 Å². The smallest absolute Gasteiger partial charge is 0.306 e. The molecule has 0 spiro atoms. The van der Waals surface area contributed by atoms with Crippen LogP contribution in [0.4, 0.5) is 0 Å². The molecule has 0 aliphatic rings. The third kappa shape index (κ3) is 47.9. The number of carbonyl (C=O) groups is 3. The quantitative estimate of drug-likeness (QED) is 0.0201. The van der Waals surface area contributed by atoms with Crippen molar-refractivity contribution in [3.8, 4) is 0 Å². The Bertz CT molecular complexity index is 1510. The van der Waals surface area contributed by atoms with Gasteiger partial charge in [0.25, 0.3) is 0 Å². The van der Waals surface area contributed by atoms with Gasteiger partial charge in [-0.15, -0.1) is 0 Å². The van der Waals surface area contributed by atoms with Crippen LogP contribution in [0.5, 0.6) is 0 Å². The van der Waals surface area contributed by atoms with Crippen molar-refractivity contribution in [1.29, 1.82) is 0 Å². The molecule has 0 saturated heterocycles. The molecule has 1 atom stereocenters. The molecule has 0 heterocycles. The summed E-state index contributed by atoms with van der Waals surface area (Å²) >= 11 is 0. The van der Waals surface area contributed by atoms with E-state index in [2.05, 4.69) is 87.6 Å². The van der Waals surface area contributed by atoms with Crippen molar-refractivity contribution in [3.63, 3.8) is 0 Å². The third-order valence-corrected chi connectivity index (χ3v) is 9.23. The monoisotopic (exact) mass is 865 g/mol. The number of allylic oxidation sites excluding steroid dienone is 26. The molecule has 0 N–H and O–H groups in total. The van der Waals surface area contributed by atoms with Gasteiger partial charge in [0.2, 0.25) is 0 Å². The van der Waals surface area contributed by atoms with Gasteiger partial charge in [0.05, 0.1) is 0 Å². The van der Waals surface area contributed by atoms with E-state index in [1.54, 1.807) is 0 Å². The van der Waals surface area contributed by atoms with Crippen molar-refractivity contribution in [2.75, 3.05) is 13.2 Å². The maximum Gasteiger partial charge on any atom is 0.306 e. The number of ether oxygens (including phenoxy) is 3. The van der Waals surface area contributed by atoms with E-state index in [4.69, 9.17) is 14.2 Å². The number of hydrogen-bond donors (Lipinski definition) is 0. The Morgan fingerprint density at radius 3 is 1.22 bits per heavy atom. The lowest BCUT2D eigenvalue weighted by atomic mass is 10.1. The van der Waals surface area contributed by atoms with Crippen molar-refractivity contribution >= 4 is 17.9 Å². The molecule has 348 valence electrons. The second kappa shape index (κ2) is 49.7. The molecule has 0 aliphatic carbocycles. The Labute approximate surface area is 384 Å². The maximum absolute atomic E-state index is 12.8. The van der Waals surface area contributed by atoms with Crippen LogP contribution in [0, 0.1) is 0 Å². The fraction of sp³-hybridized carbons (Fsp3) is 0.491. The van der Waals surface area contributed by atoms with Crippen LogP contribution < -0.4 is 0 Å². The van der Waals surface area contributed by atoms with Gasteiger partial charge in [-0.25, -0.2) is 0 Å². The van der Waals surface area contributed by atoms with Crippen molar-refractivity contribution in [3.05, 3.63) is 158 Å². The summed E-state index contributed by atoms with van der Waals surface area (Å²) in [6, 6.07) is 0. The topological polar surface area (TPSA) is 78.9 Å². The number of hydrogen-bond acceptors (Lipinski definition) is 6. The standard InChI is InChI=1S/C57H84O6/c1-4-7-10-13-16-19-22-25-27-28-29-30-33-35-38-41-44-47-50-56(59)62-53-54(52-61-55(58)49-46-43-40-37-34-31-24-21-18-15-12-9-6-3)63-57(60)51-48-45-42-39-36-32-26-23-20-17-14-11-8-5-2/h8-13,15-22,24-32,34,37,40,54H,4-7,14,23,33,35-36,38-39,41-53H2,1-3H3/b11-8-,12-9-,13-10-,18-15-,19-16-,20-17-,24-21-,25-22-,28-27-,30-29-,32-26-,34-31-,40-37-. The normalized spacial score (nSPS) is 13.5. The lowest BCUT2D eigenvalue weighted by Crippen LogP contribution is -2.30. The van der Waals surface area contributed by atoms with Gasteiger partial charge < -0.3 is 14.2 Å². The van der Waals surface area contributed by atoms with E-state index in [1.165, 1.54) is 6.42 Å². The van der Waals surface area contributed by atoms with Crippen LogP contribution in [0.3, 0.4) is 0 Å². The molecular formula is C57H84O6. The Kier molecular flexibility index (Phi) is 45.8. The van der Waals surface area contributed by atoms with Gasteiger partial charge in [-0.05, 0) is 83.5 Å². The molecule has 0 bridgehead atoms. The largest absolute Gasteiger partial charge is 0.462 e. The average Bonchev–Trinajstić information content (AvgIpc) is 3.28. The summed E-state index contributed by atoms with van der Waals surface area (Å²) in [6.07, 6.45) is 72.2. The molecule has 0 aromatic rings. The predicted molar refractivity (Wildman–Crippen MR) is 269 cm³/mol. The van der Waals surface area contributed by atoms with Crippen molar-refractivity contribution in [2.24, 2.45) is 0 Å². The summed E-state index contributed by atoms with van der Waals surface area (Å²) < 4.78 is 16.6. The van der Waals surface area contributed by atoms with Crippen LogP contribution in [-0.2, 0) is 28.6 Å². The second-order valence-electron chi connectivity index (χ2n) is 15.1. The van der Waals surface area contributed by atoms with Gasteiger partial charge in [-0.3, -0.25) is 14.4 Å². The molecule has 6 nitrogen and oxygen atoms in total. The van der Waals surface area contributed by atoms with Crippen LogP contribution >= 0.6 is 0 Å². The van der Waals surface area contributed by atoms with E-state index in [-0.39, 0.29) is 44.0 Å². The molecule has 63 heavy (non-hydrogen) atoms.